The van der Waals surface area contributed by atoms with E-state index in [9.17, 15) is 14.4 Å². The van der Waals surface area contributed by atoms with Gasteiger partial charge in [0.05, 0.1) is 31.0 Å². The lowest BCUT2D eigenvalue weighted by atomic mass is 9.87. The van der Waals surface area contributed by atoms with Crippen LogP contribution in [0.4, 0.5) is 0 Å². The van der Waals surface area contributed by atoms with Crippen LogP contribution in [0.3, 0.4) is 0 Å². The van der Waals surface area contributed by atoms with Crippen molar-refractivity contribution in [3.63, 3.8) is 0 Å². The molecule has 0 unspecified atom stereocenters. The Balaban J connectivity index is 2.44. The number of hydrogen-bond donors (Lipinski definition) is 2. The van der Waals surface area contributed by atoms with Crippen molar-refractivity contribution in [2.45, 2.75) is 41.0 Å². The quantitative estimate of drug-likeness (QED) is 0.453. The summed E-state index contributed by atoms with van der Waals surface area (Å²) >= 11 is 0. The SMILES string of the molecule is CC(C)(C)C(=O)CC(=O)NOCC(C)(C)C(=O)c1cnc[nH]1. The number of aromatic amines is 1. The van der Waals surface area contributed by atoms with Gasteiger partial charge in [-0.25, -0.2) is 10.5 Å². The first-order valence-electron chi connectivity index (χ1n) is 7.01. The van der Waals surface area contributed by atoms with E-state index in [0.717, 1.165) is 0 Å². The maximum absolute atomic E-state index is 12.2. The van der Waals surface area contributed by atoms with Crippen LogP contribution >= 0.6 is 0 Å². The average Bonchev–Trinajstić information content (AvgIpc) is 2.89. The molecule has 0 atom stereocenters. The third-order valence-corrected chi connectivity index (χ3v) is 3.13. The van der Waals surface area contributed by atoms with Crippen LogP contribution in [-0.4, -0.2) is 34.0 Å². The molecule has 0 fully saturated rings. The number of nitrogens with one attached hydrogen (secondary N) is 2. The molecule has 2 N–H and O–H groups in total. The molecule has 1 rings (SSSR count). The number of hydroxylamine groups is 1. The van der Waals surface area contributed by atoms with Crippen molar-refractivity contribution in [1.29, 1.82) is 0 Å². The summed E-state index contributed by atoms with van der Waals surface area (Å²) in [5.41, 5.74) is 1.17. The molecule has 1 aromatic heterocycles. The Morgan fingerprint density at radius 3 is 2.36 bits per heavy atom. The molecule has 0 aliphatic carbocycles. The molecule has 0 spiro atoms. The van der Waals surface area contributed by atoms with Crippen molar-refractivity contribution in [1.82, 2.24) is 15.4 Å². The molecule has 0 saturated heterocycles. The lowest BCUT2D eigenvalue weighted by molar-refractivity contribution is -0.141. The van der Waals surface area contributed by atoms with Gasteiger partial charge in [-0.3, -0.25) is 19.2 Å². The van der Waals surface area contributed by atoms with Gasteiger partial charge in [-0.2, -0.15) is 0 Å². The molecule has 0 aliphatic heterocycles. The Morgan fingerprint density at radius 2 is 1.86 bits per heavy atom. The lowest BCUT2D eigenvalue weighted by Gasteiger charge is -2.22. The van der Waals surface area contributed by atoms with E-state index >= 15 is 0 Å². The van der Waals surface area contributed by atoms with E-state index in [2.05, 4.69) is 15.4 Å². The molecule has 0 bridgehead atoms. The van der Waals surface area contributed by atoms with E-state index in [1.165, 1.54) is 12.5 Å². The summed E-state index contributed by atoms with van der Waals surface area (Å²) in [6.07, 6.45) is 2.60. The predicted molar refractivity (Wildman–Crippen MR) is 79.9 cm³/mol. The van der Waals surface area contributed by atoms with Gasteiger partial charge >= 0.3 is 0 Å². The smallest absolute Gasteiger partial charge is 0.250 e. The van der Waals surface area contributed by atoms with Crippen molar-refractivity contribution in [2.24, 2.45) is 10.8 Å². The van der Waals surface area contributed by atoms with Gasteiger partial charge in [0.25, 0.3) is 5.91 Å². The van der Waals surface area contributed by atoms with Crippen molar-refractivity contribution in [3.05, 3.63) is 18.2 Å². The minimum Gasteiger partial charge on any atom is -0.342 e. The van der Waals surface area contributed by atoms with Gasteiger partial charge in [-0.05, 0) is 0 Å². The monoisotopic (exact) mass is 309 g/mol. The fourth-order valence-electron chi connectivity index (χ4n) is 1.55. The first kappa shape index (κ1) is 18.0. The first-order chi connectivity index (χ1) is 10.0. The third-order valence-electron chi connectivity index (χ3n) is 3.13. The number of carbonyl (C=O) groups is 3. The molecule has 22 heavy (non-hydrogen) atoms. The molecular weight excluding hydrogens is 286 g/mol. The first-order valence-corrected chi connectivity index (χ1v) is 7.01. The standard InChI is InChI=1S/C15H23N3O4/c1-14(2,3)11(19)6-12(20)18-22-8-15(4,5)13(21)10-7-16-9-17-10/h7,9H,6,8H2,1-5H3,(H,16,17)(H,18,20). The van der Waals surface area contributed by atoms with Crippen LogP contribution in [0.25, 0.3) is 0 Å². The van der Waals surface area contributed by atoms with Crippen LogP contribution < -0.4 is 5.48 Å². The molecule has 122 valence electrons. The molecular formula is C15H23N3O4. The Labute approximate surface area is 129 Å². The van der Waals surface area contributed by atoms with E-state index in [1.807, 2.05) is 0 Å². The minimum absolute atomic E-state index is 0.0136. The Bertz CT molecular complexity index is 542. The number of H-pyrrole nitrogens is 1. The van der Waals surface area contributed by atoms with Crippen LogP contribution in [0.5, 0.6) is 0 Å². The highest BCUT2D eigenvalue weighted by Crippen LogP contribution is 2.21. The van der Waals surface area contributed by atoms with Crippen molar-refractivity contribution >= 4 is 17.5 Å². The van der Waals surface area contributed by atoms with Gasteiger partial charge < -0.3 is 4.98 Å². The highest BCUT2D eigenvalue weighted by atomic mass is 16.7. The molecule has 0 radical (unpaired) electrons. The number of Topliss-reactive ketones (excluding diaryl/α,β-unsaturated/α-hetero) is 2. The van der Waals surface area contributed by atoms with Crippen LogP contribution in [0.2, 0.25) is 0 Å². The molecule has 0 aromatic carbocycles. The van der Waals surface area contributed by atoms with Crippen LogP contribution in [-0.2, 0) is 14.4 Å². The Hall–Kier alpha value is -2.02. The lowest BCUT2D eigenvalue weighted by Crippen LogP contribution is -2.36. The molecule has 1 heterocycles. The van der Waals surface area contributed by atoms with Gasteiger partial charge in [0.1, 0.15) is 11.5 Å². The Kier molecular flexibility index (Phi) is 5.59. The summed E-state index contributed by atoms with van der Waals surface area (Å²) in [5, 5.41) is 0. The molecule has 7 heteroatoms. The molecule has 1 aromatic rings. The van der Waals surface area contributed by atoms with Crippen LogP contribution in [0.1, 0.15) is 51.5 Å². The zero-order valence-electron chi connectivity index (χ0n) is 13.6. The fraction of sp³-hybridized carbons (Fsp3) is 0.600. The van der Waals surface area contributed by atoms with Gasteiger partial charge in [-0.1, -0.05) is 34.6 Å². The average molecular weight is 309 g/mol. The van der Waals surface area contributed by atoms with Crippen molar-refractivity contribution in [3.8, 4) is 0 Å². The second kappa shape index (κ2) is 6.83. The summed E-state index contributed by atoms with van der Waals surface area (Å²) in [6.45, 7) is 8.62. The predicted octanol–water partition coefficient (Wildman–Crippen LogP) is 1.67. The largest absolute Gasteiger partial charge is 0.342 e. The zero-order chi connectivity index (χ0) is 17.0. The molecule has 0 aliphatic rings. The second-order valence-corrected chi connectivity index (χ2v) is 6.84. The summed E-state index contributed by atoms with van der Waals surface area (Å²) in [7, 11) is 0. The van der Waals surface area contributed by atoms with Gasteiger partial charge in [-0.15, -0.1) is 0 Å². The maximum atomic E-state index is 12.2. The van der Waals surface area contributed by atoms with E-state index < -0.39 is 16.7 Å². The van der Waals surface area contributed by atoms with Crippen molar-refractivity contribution in [2.75, 3.05) is 6.61 Å². The summed E-state index contributed by atoms with van der Waals surface area (Å²) in [6, 6.07) is 0. The number of ketones is 2. The highest BCUT2D eigenvalue weighted by molar-refractivity contribution is 6.00. The minimum atomic E-state index is -0.839. The molecule has 1 amide bonds. The van der Waals surface area contributed by atoms with E-state index in [4.69, 9.17) is 4.84 Å². The van der Waals surface area contributed by atoms with Crippen LogP contribution in [0.15, 0.2) is 12.5 Å². The number of aromatic nitrogens is 2. The topological polar surface area (TPSA) is 101 Å². The number of imidazole rings is 1. The summed E-state index contributed by atoms with van der Waals surface area (Å²) in [5.74, 6) is -0.879. The van der Waals surface area contributed by atoms with Crippen molar-refractivity contribution < 1.29 is 19.2 Å². The van der Waals surface area contributed by atoms with Gasteiger partial charge in [0.15, 0.2) is 5.78 Å². The van der Waals surface area contributed by atoms with E-state index in [0.29, 0.717) is 5.69 Å². The molecule has 7 nitrogen and oxygen atoms in total. The summed E-state index contributed by atoms with van der Waals surface area (Å²) in [4.78, 5) is 47.2. The normalized spacial score (nSPS) is 12.0. The molecule has 0 saturated carbocycles. The third kappa shape index (κ3) is 5.07. The van der Waals surface area contributed by atoms with E-state index in [1.54, 1.807) is 34.6 Å². The number of nitrogens with zero attached hydrogens (tertiary/aromatic N) is 1. The highest BCUT2D eigenvalue weighted by Gasteiger charge is 2.31. The maximum Gasteiger partial charge on any atom is 0.250 e. The fourth-order valence-corrected chi connectivity index (χ4v) is 1.55. The second-order valence-electron chi connectivity index (χ2n) is 6.84. The number of hydrogen-bond acceptors (Lipinski definition) is 5. The number of carbonyl (C=O) groups excluding carboxylic acids is 3. The van der Waals surface area contributed by atoms with Crippen LogP contribution in [0, 0.1) is 10.8 Å². The number of rotatable bonds is 7. The van der Waals surface area contributed by atoms with Gasteiger partial charge in [0, 0.05) is 5.41 Å². The Morgan fingerprint density at radius 1 is 1.23 bits per heavy atom. The zero-order valence-corrected chi connectivity index (χ0v) is 13.6. The van der Waals surface area contributed by atoms with Gasteiger partial charge in [0.2, 0.25) is 0 Å². The number of amides is 1. The summed E-state index contributed by atoms with van der Waals surface area (Å²) < 4.78 is 0. The van der Waals surface area contributed by atoms with E-state index in [-0.39, 0.29) is 24.6 Å².